The van der Waals surface area contributed by atoms with Crippen LogP contribution in [-0.4, -0.2) is 0 Å². The summed E-state index contributed by atoms with van der Waals surface area (Å²) in [5.41, 5.74) is 1.14. The highest BCUT2D eigenvalue weighted by atomic mass is 35.5. The lowest BCUT2D eigenvalue weighted by Crippen LogP contribution is -1.85. The van der Waals surface area contributed by atoms with E-state index in [1.54, 1.807) is 11.3 Å². The van der Waals surface area contributed by atoms with Crippen LogP contribution in [0.5, 0.6) is 0 Å². The standard InChI is InChI=1S/C10H14Cl2S/c1-3-4-5-8(11)9-6-7(2)10(12)13-9/h6,8H,3-5H2,1-2H3. The van der Waals surface area contributed by atoms with E-state index >= 15 is 0 Å². The van der Waals surface area contributed by atoms with Gasteiger partial charge in [0.25, 0.3) is 0 Å². The number of alkyl halides is 1. The van der Waals surface area contributed by atoms with E-state index in [2.05, 4.69) is 13.0 Å². The van der Waals surface area contributed by atoms with Gasteiger partial charge in [-0.15, -0.1) is 22.9 Å². The lowest BCUT2D eigenvalue weighted by molar-refractivity contribution is 0.706. The molecule has 1 aromatic heterocycles. The molecule has 0 aromatic carbocycles. The molecule has 0 fully saturated rings. The molecule has 0 saturated carbocycles. The Morgan fingerprint density at radius 2 is 2.23 bits per heavy atom. The first-order valence-corrected chi connectivity index (χ1v) is 6.18. The zero-order valence-corrected chi connectivity index (χ0v) is 10.3. The van der Waals surface area contributed by atoms with E-state index in [0.29, 0.717) is 0 Å². The Morgan fingerprint density at radius 3 is 2.69 bits per heavy atom. The van der Waals surface area contributed by atoms with Gasteiger partial charge in [0.05, 0.1) is 9.71 Å². The number of rotatable bonds is 4. The maximum absolute atomic E-state index is 6.22. The van der Waals surface area contributed by atoms with Crippen LogP contribution < -0.4 is 0 Å². The van der Waals surface area contributed by atoms with Gasteiger partial charge in [-0.05, 0) is 25.0 Å². The molecule has 1 heterocycles. The van der Waals surface area contributed by atoms with E-state index < -0.39 is 0 Å². The molecule has 0 aliphatic rings. The molecule has 0 saturated heterocycles. The molecule has 0 N–H and O–H groups in total. The van der Waals surface area contributed by atoms with Gasteiger partial charge in [0.2, 0.25) is 0 Å². The van der Waals surface area contributed by atoms with Crippen LogP contribution in [0.2, 0.25) is 4.34 Å². The van der Waals surface area contributed by atoms with Crippen LogP contribution >= 0.6 is 34.5 Å². The van der Waals surface area contributed by atoms with Gasteiger partial charge >= 0.3 is 0 Å². The van der Waals surface area contributed by atoms with Crippen LogP contribution in [0.25, 0.3) is 0 Å². The minimum Gasteiger partial charge on any atom is -0.127 e. The van der Waals surface area contributed by atoms with Crippen LogP contribution in [0.1, 0.15) is 42.0 Å². The minimum atomic E-state index is 0.149. The van der Waals surface area contributed by atoms with Crippen LogP contribution in [0.3, 0.4) is 0 Å². The summed E-state index contributed by atoms with van der Waals surface area (Å²) in [6.07, 6.45) is 3.43. The molecular formula is C10H14Cl2S. The molecule has 1 rings (SSSR count). The number of hydrogen-bond donors (Lipinski definition) is 0. The molecule has 1 unspecified atom stereocenters. The highest BCUT2D eigenvalue weighted by molar-refractivity contribution is 7.16. The lowest BCUT2D eigenvalue weighted by atomic mass is 10.1. The van der Waals surface area contributed by atoms with Crippen molar-refractivity contribution in [2.75, 3.05) is 0 Å². The van der Waals surface area contributed by atoms with Crippen molar-refractivity contribution in [1.82, 2.24) is 0 Å². The molecule has 0 radical (unpaired) electrons. The predicted molar refractivity (Wildman–Crippen MR) is 62.2 cm³/mol. The summed E-state index contributed by atoms with van der Waals surface area (Å²) < 4.78 is 0.872. The largest absolute Gasteiger partial charge is 0.127 e. The van der Waals surface area contributed by atoms with Crippen molar-refractivity contribution in [2.24, 2.45) is 0 Å². The maximum atomic E-state index is 6.22. The second-order valence-corrected chi connectivity index (χ2v) is 5.43. The number of unbranched alkanes of at least 4 members (excludes halogenated alkanes) is 1. The summed E-state index contributed by atoms with van der Waals surface area (Å²) in [5, 5.41) is 0.149. The van der Waals surface area contributed by atoms with E-state index in [1.165, 1.54) is 17.7 Å². The third kappa shape index (κ3) is 3.16. The van der Waals surface area contributed by atoms with Crippen molar-refractivity contribution >= 4 is 34.5 Å². The maximum Gasteiger partial charge on any atom is 0.0960 e. The van der Waals surface area contributed by atoms with Crippen molar-refractivity contribution in [3.8, 4) is 0 Å². The highest BCUT2D eigenvalue weighted by Gasteiger charge is 2.11. The van der Waals surface area contributed by atoms with Crippen LogP contribution in [-0.2, 0) is 0 Å². The van der Waals surface area contributed by atoms with Gasteiger partial charge in [-0.2, -0.15) is 0 Å². The van der Waals surface area contributed by atoms with Gasteiger partial charge in [0, 0.05) is 4.88 Å². The number of halogens is 2. The quantitative estimate of drug-likeness (QED) is 0.633. The first-order chi connectivity index (χ1) is 6.15. The zero-order chi connectivity index (χ0) is 9.84. The summed E-state index contributed by atoms with van der Waals surface area (Å²) in [6.45, 7) is 4.20. The summed E-state index contributed by atoms with van der Waals surface area (Å²) >= 11 is 13.8. The molecule has 1 atom stereocenters. The molecule has 0 nitrogen and oxygen atoms in total. The Balaban J connectivity index is 2.60. The topological polar surface area (TPSA) is 0 Å². The molecule has 0 bridgehead atoms. The van der Waals surface area contributed by atoms with Crippen molar-refractivity contribution in [3.63, 3.8) is 0 Å². The monoisotopic (exact) mass is 236 g/mol. The SMILES string of the molecule is CCCCC(Cl)c1cc(C)c(Cl)s1. The Kier molecular flexibility index (Phi) is 4.57. The highest BCUT2D eigenvalue weighted by Crippen LogP contribution is 2.36. The average Bonchev–Trinajstić information content (AvgIpc) is 2.43. The third-order valence-electron chi connectivity index (χ3n) is 2.00. The van der Waals surface area contributed by atoms with E-state index in [1.807, 2.05) is 6.92 Å². The summed E-state index contributed by atoms with van der Waals surface area (Å²) in [7, 11) is 0. The average molecular weight is 237 g/mol. The van der Waals surface area contributed by atoms with Crippen LogP contribution in [0, 0.1) is 6.92 Å². The smallest absolute Gasteiger partial charge is 0.0960 e. The molecule has 0 spiro atoms. The Labute approximate surface area is 93.9 Å². The molecule has 3 heteroatoms. The van der Waals surface area contributed by atoms with Gasteiger partial charge in [0.1, 0.15) is 0 Å². The number of hydrogen-bond acceptors (Lipinski definition) is 1. The lowest BCUT2D eigenvalue weighted by Gasteiger charge is -2.04. The fraction of sp³-hybridized carbons (Fsp3) is 0.600. The van der Waals surface area contributed by atoms with E-state index in [-0.39, 0.29) is 5.38 Å². The first-order valence-electron chi connectivity index (χ1n) is 4.55. The Morgan fingerprint density at radius 1 is 1.54 bits per heavy atom. The molecule has 0 aliphatic carbocycles. The second-order valence-electron chi connectivity index (χ2n) is 3.22. The van der Waals surface area contributed by atoms with E-state index in [0.717, 1.165) is 16.3 Å². The third-order valence-corrected chi connectivity index (χ3v) is 4.25. The fourth-order valence-corrected chi connectivity index (χ4v) is 2.74. The van der Waals surface area contributed by atoms with Gasteiger partial charge < -0.3 is 0 Å². The molecule has 1 aromatic rings. The minimum absolute atomic E-state index is 0.149. The van der Waals surface area contributed by atoms with E-state index in [9.17, 15) is 0 Å². The van der Waals surface area contributed by atoms with Gasteiger partial charge in [-0.25, -0.2) is 0 Å². The molecule has 0 amide bonds. The number of thiophene rings is 1. The van der Waals surface area contributed by atoms with Crippen molar-refractivity contribution < 1.29 is 0 Å². The molecule has 0 aliphatic heterocycles. The van der Waals surface area contributed by atoms with Crippen molar-refractivity contribution in [1.29, 1.82) is 0 Å². The summed E-state index contributed by atoms with van der Waals surface area (Å²) in [4.78, 5) is 1.21. The van der Waals surface area contributed by atoms with E-state index in [4.69, 9.17) is 23.2 Å². The van der Waals surface area contributed by atoms with Crippen LogP contribution in [0.4, 0.5) is 0 Å². The van der Waals surface area contributed by atoms with Crippen molar-refractivity contribution in [3.05, 3.63) is 20.8 Å². The van der Waals surface area contributed by atoms with Gasteiger partial charge in [0.15, 0.2) is 0 Å². The van der Waals surface area contributed by atoms with Gasteiger partial charge in [-0.3, -0.25) is 0 Å². The molecular weight excluding hydrogens is 223 g/mol. The Hall–Kier alpha value is 0.280. The summed E-state index contributed by atoms with van der Waals surface area (Å²) in [5.74, 6) is 0. The van der Waals surface area contributed by atoms with Gasteiger partial charge in [-0.1, -0.05) is 31.4 Å². The zero-order valence-electron chi connectivity index (χ0n) is 7.94. The second kappa shape index (κ2) is 5.23. The van der Waals surface area contributed by atoms with Crippen molar-refractivity contribution in [2.45, 2.75) is 38.5 Å². The number of aryl methyl sites for hydroxylation is 1. The predicted octanol–water partition coefficient (Wildman–Crippen LogP) is 5.18. The fourth-order valence-electron chi connectivity index (χ4n) is 1.16. The molecule has 74 valence electrons. The first kappa shape index (κ1) is 11.4. The van der Waals surface area contributed by atoms with Crippen LogP contribution in [0.15, 0.2) is 6.07 Å². The normalized spacial score (nSPS) is 13.2. The Bertz CT molecular complexity index is 248. The molecule has 13 heavy (non-hydrogen) atoms. The summed E-state index contributed by atoms with van der Waals surface area (Å²) in [6, 6.07) is 2.10.